The van der Waals surface area contributed by atoms with Crippen LogP contribution in [0.2, 0.25) is 0 Å². The van der Waals surface area contributed by atoms with Crippen LogP contribution in [0.5, 0.6) is 0 Å². The molecule has 148 valence electrons. The number of carbonyl (C=O) groups is 2. The predicted molar refractivity (Wildman–Crippen MR) is 93.7 cm³/mol. The van der Waals surface area contributed by atoms with E-state index in [4.69, 9.17) is 18.9 Å². The monoisotopic (exact) mass is 362 g/mol. The molecule has 0 aliphatic carbocycles. The lowest BCUT2D eigenvalue weighted by atomic mass is 10.2. The largest absolute Gasteiger partial charge is 0.518 e. The summed E-state index contributed by atoms with van der Waals surface area (Å²) in [5, 5.41) is 0. The standard InChI is InChI=1S/C18H34O7/c1-5-9-11-15(21-7-3)13-23-17(19)25-18(20)24-14-16(22-8-4)12-10-6-2/h15-16H,5-14H2,1-4H3. The third-order valence-electron chi connectivity index (χ3n) is 3.50. The molecule has 2 unspecified atom stereocenters. The molecule has 0 aliphatic rings. The summed E-state index contributed by atoms with van der Waals surface area (Å²) in [6, 6.07) is 0. The second-order valence-corrected chi connectivity index (χ2v) is 5.66. The zero-order chi connectivity index (χ0) is 18.9. The highest BCUT2D eigenvalue weighted by Gasteiger charge is 2.18. The Kier molecular flexibility index (Phi) is 15.3. The summed E-state index contributed by atoms with van der Waals surface area (Å²) >= 11 is 0. The molecule has 0 amide bonds. The van der Waals surface area contributed by atoms with Gasteiger partial charge in [0.2, 0.25) is 0 Å². The highest BCUT2D eigenvalue weighted by molar-refractivity contribution is 5.76. The molecule has 0 N–H and O–H groups in total. The van der Waals surface area contributed by atoms with E-state index in [1.807, 2.05) is 13.8 Å². The first-order chi connectivity index (χ1) is 12.1. The predicted octanol–water partition coefficient (Wildman–Crippen LogP) is 4.47. The molecule has 25 heavy (non-hydrogen) atoms. The van der Waals surface area contributed by atoms with E-state index in [9.17, 15) is 9.59 Å². The maximum atomic E-state index is 11.5. The van der Waals surface area contributed by atoms with Gasteiger partial charge in [0.15, 0.2) is 0 Å². The minimum atomic E-state index is -1.08. The van der Waals surface area contributed by atoms with Crippen molar-refractivity contribution in [2.45, 2.75) is 78.4 Å². The van der Waals surface area contributed by atoms with Crippen molar-refractivity contribution < 1.29 is 33.3 Å². The topological polar surface area (TPSA) is 80.3 Å². The van der Waals surface area contributed by atoms with Crippen LogP contribution in [0.1, 0.15) is 66.2 Å². The van der Waals surface area contributed by atoms with Gasteiger partial charge in [-0.2, -0.15) is 0 Å². The molecule has 0 heterocycles. The van der Waals surface area contributed by atoms with Crippen LogP contribution < -0.4 is 0 Å². The Morgan fingerprint density at radius 3 is 1.44 bits per heavy atom. The Hall–Kier alpha value is -1.34. The fourth-order valence-electron chi connectivity index (χ4n) is 2.21. The molecule has 0 fully saturated rings. The Balaban J connectivity index is 4.07. The number of rotatable bonds is 14. The SMILES string of the molecule is CCCCC(COC(=O)OC(=O)OCC(CCCC)OCC)OCC. The van der Waals surface area contributed by atoms with Crippen molar-refractivity contribution in [1.29, 1.82) is 0 Å². The minimum Gasteiger partial charge on any atom is -0.431 e. The molecule has 7 nitrogen and oxygen atoms in total. The van der Waals surface area contributed by atoms with Crippen molar-refractivity contribution in [3.8, 4) is 0 Å². The molecule has 0 rings (SSSR count). The first-order valence-corrected chi connectivity index (χ1v) is 9.31. The molecular weight excluding hydrogens is 328 g/mol. The number of hydrogen-bond donors (Lipinski definition) is 0. The van der Waals surface area contributed by atoms with Gasteiger partial charge in [0.1, 0.15) is 13.2 Å². The second-order valence-electron chi connectivity index (χ2n) is 5.66. The third kappa shape index (κ3) is 13.6. The maximum Gasteiger partial charge on any atom is 0.518 e. The fourth-order valence-corrected chi connectivity index (χ4v) is 2.21. The Morgan fingerprint density at radius 2 is 1.12 bits per heavy atom. The van der Waals surface area contributed by atoms with Gasteiger partial charge < -0.3 is 23.7 Å². The zero-order valence-corrected chi connectivity index (χ0v) is 16.1. The number of ether oxygens (including phenoxy) is 5. The van der Waals surface area contributed by atoms with Gasteiger partial charge in [0.05, 0.1) is 12.2 Å². The lowest BCUT2D eigenvalue weighted by molar-refractivity contribution is -0.0295. The minimum absolute atomic E-state index is 0.0536. The Labute approximate surface area is 151 Å². The third-order valence-corrected chi connectivity index (χ3v) is 3.50. The summed E-state index contributed by atoms with van der Waals surface area (Å²) < 4.78 is 25.3. The van der Waals surface area contributed by atoms with Crippen molar-refractivity contribution in [1.82, 2.24) is 0 Å². The molecule has 0 aromatic heterocycles. The zero-order valence-electron chi connectivity index (χ0n) is 16.1. The van der Waals surface area contributed by atoms with E-state index in [-0.39, 0.29) is 25.4 Å². The molecule has 0 saturated heterocycles. The molecule has 7 heteroatoms. The van der Waals surface area contributed by atoms with Gasteiger partial charge in [-0.3, -0.25) is 0 Å². The second kappa shape index (κ2) is 16.1. The van der Waals surface area contributed by atoms with Crippen molar-refractivity contribution in [3.05, 3.63) is 0 Å². The Bertz CT molecular complexity index is 314. The maximum absolute atomic E-state index is 11.5. The van der Waals surface area contributed by atoms with Crippen LogP contribution in [0.3, 0.4) is 0 Å². The van der Waals surface area contributed by atoms with Gasteiger partial charge in [0, 0.05) is 13.2 Å². The van der Waals surface area contributed by atoms with Crippen LogP contribution in [0.4, 0.5) is 9.59 Å². The highest BCUT2D eigenvalue weighted by Crippen LogP contribution is 2.08. The van der Waals surface area contributed by atoms with E-state index < -0.39 is 12.3 Å². The molecule has 0 saturated carbocycles. The first kappa shape index (κ1) is 23.7. The summed E-state index contributed by atoms with van der Waals surface area (Å²) in [4.78, 5) is 23.1. The first-order valence-electron chi connectivity index (χ1n) is 9.31. The number of unbranched alkanes of at least 4 members (excludes halogenated alkanes) is 2. The molecule has 0 spiro atoms. The number of carbonyl (C=O) groups excluding carboxylic acids is 2. The highest BCUT2D eigenvalue weighted by atomic mass is 16.8. The normalized spacial score (nSPS) is 13.1. The van der Waals surface area contributed by atoms with E-state index in [0.717, 1.165) is 38.5 Å². The van der Waals surface area contributed by atoms with Crippen molar-refractivity contribution in [2.24, 2.45) is 0 Å². The van der Waals surface area contributed by atoms with E-state index in [1.54, 1.807) is 0 Å². The van der Waals surface area contributed by atoms with E-state index in [2.05, 4.69) is 18.6 Å². The lowest BCUT2D eigenvalue weighted by Gasteiger charge is -2.17. The molecule has 2 atom stereocenters. The van der Waals surface area contributed by atoms with Crippen LogP contribution in [0, 0.1) is 0 Å². The van der Waals surface area contributed by atoms with Crippen molar-refractivity contribution in [2.75, 3.05) is 26.4 Å². The number of hydrogen-bond acceptors (Lipinski definition) is 7. The smallest absolute Gasteiger partial charge is 0.431 e. The van der Waals surface area contributed by atoms with Crippen molar-refractivity contribution >= 4 is 12.3 Å². The molecule has 0 aromatic rings. The Morgan fingerprint density at radius 1 is 0.720 bits per heavy atom. The van der Waals surface area contributed by atoms with E-state index in [0.29, 0.717) is 13.2 Å². The summed E-state index contributed by atoms with van der Waals surface area (Å²) in [7, 11) is 0. The average Bonchev–Trinajstić information content (AvgIpc) is 2.59. The van der Waals surface area contributed by atoms with Crippen LogP contribution in [0.15, 0.2) is 0 Å². The van der Waals surface area contributed by atoms with Crippen LogP contribution in [-0.4, -0.2) is 50.9 Å². The summed E-state index contributed by atoms with van der Waals surface area (Å²) in [6.07, 6.45) is 3.04. The fraction of sp³-hybridized carbons (Fsp3) is 0.889. The van der Waals surface area contributed by atoms with E-state index >= 15 is 0 Å². The summed E-state index contributed by atoms with van der Waals surface area (Å²) in [5.74, 6) is 0. The van der Waals surface area contributed by atoms with Gasteiger partial charge in [0.25, 0.3) is 0 Å². The van der Waals surface area contributed by atoms with Gasteiger partial charge in [-0.15, -0.1) is 0 Å². The van der Waals surface area contributed by atoms with Crippen LogP contribution >= 0.6 is 0 Å². The average molecular weight is 362 g/mol. The molecular formula is C18H34O7. The summed E-state index contributed by atoms with van der Waals surface area (Å²) in [5.41, 5.74) is 0. The van der Waals surface area contributed by atoms with Gasteiger partial charge >= 0.3 is 12.3 Å². The van der Waals surface area contributed by atoms with Crippen molar-refractivity contribution in [3.63, 3.8) is 0 Å². The quantitative estimate of drug-likeness (QED) is 0.333. The lowest BCUT2D eigenvalue weighted by Crippen LogP contribution is -2.26. The summed E-state index contributed by atoms with van der Waals surface area (Å²) in [6.45, 7) is 9.07. The van der Waals surface area contributed by atoms with Gasteiger partial charge in [-0.05, 0) is 26.7 Å². The van der Waals surface area contributed by atoms with E-state index in [1.165, 1.54) is 0 Å². The van der Waals surface area contributed by atoms with Gasteiger partial charge in [-0.25, -0.2) is 9.59 Å². The van der Waals surface area contributed by atoms with Gasteiger partial charge in [-0.1, -0.05) is 39.5 Å². The molecule has 0 radical (unpaired) electrons. The molecule has 0 aliphatic heterocycles. The van der Waals surface area contributed by atoms with Crippen LogP contribution in [-0.2, 0) is 23.7 Å². The van der Waals surface area contributed by atoms with Crippen LogP contribution in [0.25, 0.3) is 0 Å². The molecule has 0 bridgehead atoms. The molecule has 0 aromatic carbocycles.